The molecule has 42 heavy (non-hydrogen) atoms. The first kappa shape index (κ1) is 31.6. The number of hydrogen-bond acceptors (Lipinski definition) is 9. The molecule has 1 aliphatic rings. The van der Waals surface area contributed by atoms with Gasteiger partial charge in [-0.25, -0.2) is 9.36 Å². The molecule has 0 aliphatic carbocycles. The molecular weight excluding hydrogens is 602 g/mol. The number of hydrogen-bond donors (Lipinski definition) is 3. The summed E-state index contributed by atoms with van der Waals surface area (Å²) in [6.45, 7) is 0.937. The van der Waals surface area contributed by atoms with Crippen LogP contribution in [0.3, 0.4) is 0 Å². The Hall–Kier alpha value is -3.36. The van der Waals surface area contributed by atoms with Crippen molar-refractivity contribution in [3.63, 3.8) is 0 Å². The number of aliphatic hydroxyl groups is 1. The Morgan fingerprint density at radius 1 is 1.17 bits per heavy atom. The molecule has 2 aromatic carbocycles. The van der Waals surface area contributed by atoms with Gasteiger partial charge in [0.1, 0.15) is 24.0 Å². The number of rotatable bonds is 11. The zero-order chi connectivity index (χ0) is 30.5. The highest BCUT2D eigenvalue weighted by Gasteiger charge is 2.41. The number of halogens is 3. The van der Waals surface area contributed by atoms with Gasteiger partial charge in [-0.1, -0.05) is 48.5 Å². The van der Waals surface area contributed by atoms with E-state index < -0.39 is 66.1 Å². The van der Waals surface area contributed by atoms with E-state index in [0.29, 0.717) is 10.8 Å². The minimum atomic E-state index is -5.00. The van der Waals surface area contributed by atoms with Gasteiger partial charge in [-0.2, -0.15) is 18.3 Å². The number of carbonyl (C=O) groups excluding carboxylic acids is 1. The molecule has 1 fully saturated rings. The second-order valence-electron chi connectivity index (χ2n) is 9.28. The third kappa shape index (κ3) is 8.13. The summed E-state index contributed by atoms with van der Waals surface area (Å²) in [7, 11) is -4.30. The lowest BCUT2D eigenvalue weighted by molar-refractivity contribution is -0.146. The van der Waals surface area contributed by atoms with Gasteiger partial charge in [0.05, 0.1) is 23.3 Å². The Kier molecular flexibility index (Phi) is 10.00. The summed E-state index contributed by atoms with van der Waals surface area (Å²) in [5.41, 5.74) is -3.48. The minimum absolute atomic E-state index is 0.0249. The molecule has 1 saturated heterocycles. The molecule has 0 amide bonds. The highest BCUT2D eigenvalue weighted by molar-refractivity contribution is 8.00. The molecule has 16 heteroatoms. The molecule has 4 rings (SSSR count). The molecule has 0 spiro atoms. The summed E-state index contributed by atoms with van der Waals surface area (Å²) in [5.74, 6) is -0.595. The van der Waals surface area contributed by atoms with Gasteiger partial charge < -0.3 is 14.4 Å². The first-order chi connectivity index (χ1) is 19.8. The van der Waals surface area contributed by atoms with Crippen molar-refractivity contribution < 1.29 is 41.4 Å². The van der Waals surface area contributed by atoms with E-state index in [1.54, 1.807) is 47.4 Å². The predicted octanol–water partition coefficient (Wildman–Crippen LogP) is 3.85. The summed E-state index contributed by atoms with van der Waals surface area (Å²) in [5, 5.41) is 11.3. The Morgan fingerprint density at radius 2 is 1.81 bits per heavy atom. The van der Waals surface area contributed by atoms with Crippen molar-refractivity contribution in [1.29, 1.82) is 0 Å². The molecule has 1 aromatic heterocycles. The summed E-state index contributed by atoms with van der Waals surface area (Å²) in [6.07, 6.45) is -5.95. The zero-order valence-corrected chi connectivity index (χ0v) is 23.7. The minimum Gasteiger partial charge on any atom is -0.460 e. The normalized spacial score (nSPS) is 20.9. The number of aromatic nitrogens is 2. The molecule has 0 radical (unpaired) electrons. The van der Waals surface area contributed by atoms with Crippen LogP contribution in [-0.4, -0.2) is 44.6 Å². The lowest BCUT2D eigenvalue weighted by atomic mass is 10.2. The second-order valence-corrected chi connectivity index (χ2v) is 12.4. The van der Waals surface area contributed by atoms with Crippen LogP contribution in [-0.2, 0) is 31.4 Å². The van der Waals surface area contributed by atoms with Crippen molar-refractivity contribution in [2.75, 3.05) is 6.61 Å². The summed E-state index contributed by atoms with van der Waals surface area (Å²) in [6, 6.07) is 15.7. The van der Waals surface area contributed by atoms with Crippen LogP contribution in [0.25, 0.3) is 0 Å². The fourth-order valence-corrected chi connectivity index (χ4v) is 7.02. The molecule has 5 atom stereocenters. The molecule has 226 valence electrons. The maximum atomic E-state index is 13.8. The molecule has 2 heterocycles. The quantitative estimate of drug-likeness (QED) is 0.211. The number of alkyl halides is 3. The van der Waals surface area contributed by atoms with Crippen LogP contribution < -0.4 is 20.9 Å². The molecule has 3 N–H and O–H groups in total. The number of aromatic amines is 1. The summed E-state index contributed by atoms with van der Waals surface area (Å²) >= 11 is 0.892. The van der Waals surface area contributed by atoms with Crippen molar-refractivity contribution in [3.05, 3.63) is 98.8 Å². The molecule has 0 saturated carbocycles. The smallest absolute Gasteiger partial charge is 0.459 e. The Bertz CT molecular complexity index is 1540. The third-order valence-electron chi connectivity index (χ3n) is 6.09. The fourth-order valence-electron chi connectivity index (χ4n) is 3.96. The molecular formula is C26H27F3N3O8PS. The van der Waals surface area contributed by atoms with Crippen LogP contribution in [0.4, 0.5) is 13.2 Å². The molecule has 3 aromatic rings. The number of esters is 1. The number of para-hydroxylation sites is 1. The Balaban J connectivity index is 1.46. The largest absolute Gasteiger partial charge is 0.460 e. The molecule has 0 bridgehead atoms. The average Bonchev–Trinajstić information content (AvgIpc) is 3.30. The van der Waals surface area contributed by atoms with Crippen molar-refractivity contribution in [3.8, 4) is 5.75 Å². The topological polar surface area (TPSA) is 149 Å². The van der Waals surface area contributed by atoms with Gasteiger partial charge in [-0.3, -0.25) is 23.7 Å². The highest BCUT2D eigenvalue weighted by Crippen LogP contribution is 2.48. The lowest BCUT2D eigenvalue weighted by Crippen LogP contribution is -2.36. The van der Waals surface area contributed by atoms with E-state index in [1.165, 1.54) is 19.1 Å². The van der Waals surface area contributed by atoms with Gasteiger partial charge >= 0.3 is 25.6 Å². The number of aliphatic hydroxyl groups excluding tert-OH is 1. The van der Waals surface area contributed by atoms with E-state index in [0.717, 1.165) is 17.3 Å². The first-order valence-corrected chi connectivity index (χ1v) is 15.1. The second kappa shape index (κ2) is 13.3. The Morgan fingerprint density at radius 3 is 2.45 bits per heavy atom. The van der Waals surface area contributed by atoms with Gasteiger partial charge in [0.2, 0.25) is 0 Å². The van der Waals surface area contributed by atoms with E-state index in [-0.39, 0.29) is 18.8 Å². The van der Waals surface area contributed by atoms with E-state index in [9.17, 15) is 37.2 Å². The van der Waals surface area contributed by atoms with Crippen LogP contribution in [0, 0.1) is 0 Å². The van der Waals surface area contributed by atoms with Gasteiger partial charge in [-0.15, -0.1) is 11.8 Å². The monoisotopic (exact) mass is 629 g/mol. The van der Waals surface area contributed by atoms with Gasteiger partial charge in [-0.05, 0) is 24.6 Å². The van der Waals surface area contributed by atoms with Crippen molar-refractivity contribution in [2.24, 2.45) is 0 Å². The maximum Gasteiger partial charge on any atom is 0.459 e. The SMILES string of the molecule is C[C@H](NP(=O)(OC[C@H]1S[C@@H](n2cc(C(F)(F)F)c(=O)[nH]c2=O)C[C@@H]1O)Oc1ccccc1)C(=O)OCc1ccccc1. The van der Waals surface area contributed by atoms with E-state index in [4.69, 9.17) is 13.8 Å². The van der Waals surface area contributed by atoms with Crippen molar-refractivity contribution in [2.45, 2.75) is 48.9 Å². The average molecular weight is 630 g/mol. The number of nitrogens with one attached hydrogen (secondary N) is 2. The number of ether oxygens (including phenoxy) is 1. The van der Waals surface area contributed by atoms with E-state index in [1.807, 2.05) is 6.07 Å². The highest BCUT2D eigenvalue weighted by atomic mass is 32.2. The summed E-state index contributed by atoms with van der Waals surface area (Å²) in [4.78, 5) is 38.2. The van der Waals surface area contributed by atoms with Crippen molar-refractivity contribution >= 4 is 25.5 Å². The van der Waals surface area contributed by atoms with E-state index >= 15 is 0 Å². The number of benzene rings is 2. The van der Waals surface area contributed by atoms with E-state index in [2.05, 4.69) is 5.09 Å². The van der Waals surface area contributed by atoms with Crippen LogP contribution >= 0.6 is 19.5 Å². The molecule has 1 aliphatic heterocycles. The lowest BCUT2D eigenvalue weighted by Gasteiger charge is -2.24. The predicted molar refractivity (Wildman–Crippen MR) is 147 cm³/mol. The number of H-pyrrole nitrogens is 1. The van der Waals surface area contributed by atoms with Gasteiger partial charge in [0.15, 0.2) is 0 Å². The molecule has 1 unspecified atom stereocenters. The first-order valence-electron chi connectivity index (χ1n) is 12.6. The van der Waals surface area contributed by atoms with Crippen LogP contribution in [0.15, 0.2) is 76.4 Å². The zero-order valence-electron chi connectivity index (χ0n) is 22.0. The van der Waals surface area contributed by atoms with Crippen LogP contribution in [0.1, 0.15) is 29.8 Å². The van der Waals surface area contributed by atoms with Crippen LogP contribution in [0.2, 0.25) is 0 Å². The third-order valence-corrected chi connectivity index (χ3v) is 9.27. The van der Waals surface area contributed by atoms with Gasteiger partial charge in [0.25, 0.3) is 5.56 Å². The number of carbonyl (C=O) groups is 1. The van der Waals surface area contributed by atoms with Gasteiger partial charge in [0, 0.05) is 12.6 Å². The fraction of sp³-hybridized carbons (Fsp3) is 0.346. The standard InChI is InChI=1S/C26H27F3N3O8PS/c1-16(24(35)38-14-17-8-4-2-5-9-17)31-41(37,40-18-10-6-3-7-11-18)39-15-21-20(33)12-22(42-21)32-13-19(26(27,28)29)23(34)30-25(32)36/h2-11,13,16,20-22,33H,12,14-15H2,1H3,(H,31,37)(H,30,34,36)/t16-,20-,21+,22+,41?/m0/s1. The maximum absolute atomic E-state index is 13.8. The summed E-state index contributed by atoms with van der Waals surface area (Å²) < 4.78 is 70.6. The van der Waals surface area contributed by atoms with Crippen molar-refractivity contribution in [1.82, 2.24) is 14.6 Å². The van der Waals surface area contributed by atoms with Crippen LogP contribution in [0.5, 0.6) is 5.75 Å². The Labute approximate surface area is 241 Å². The molecule has 11 nitrogen and oxygen atoms in total. The number of nitrogens with zero attached hydrogens (tertiary/aromatic N) is 1. The number of thioether (sulfide) groups is 1.